The Morgan fingerprint density at radius 3 is 2.83 bits per heavy atom. The third-order valence-electron chi connectivity index (χ3n) is 4.35. The highest BCUT2D eigenvalue weighted by Crippen LogP contribution is 2.28. The number of anilines is 1. The lowest BCUT2D eigenvalue weighted by Gasteiger charge is -2.07. The number of aryl methyl sites for hydroxylation is 2. The monoisotopic (exact) mass is 421 g/mol. The van der Waals surface area contributed by atoms with Crippen molar-refractivity contribution in [2.75, 3.05) is 5.32 Å². The van der Waals surface area contributed by atoms with E-state index >= 15 is 0 Å². The minimum Gasteiger partial charge on any atom is -0.487 e. The molecule has 2 aromatic carbocycles. The summed E-state index contributed by atoms with van der Waals surface area (Å²) in [5.74, 6) is 0.409. The van der Waals surface area contributed by atoms with E-state index in [0.29, 0.717) is 23.1 Å². The van der Waals surface area contributed by atoms with E-state index in [-0.39, 0.29) is 5.91 Å². The first-order valence-corrected chi connectivity index (χ1v) is 10.8. The Hall–Kier alpha value is -3.03. The van der Waals surface area contributed by atoms with E-state index in [1.165, 1.54) is 28.2 Å². The maximum Gasteiger partial charge on any atom is 0.257 e. The molecular formula is C22H19N3O2S2. The maximum atomic E-state index is 12.6. The van der Waals surface area contributed by atoms with Gasteiger partial charge in [-0.25, -0.2) is 9.97 Å². The van der Waals surface area contributed by atoms with Gasteiger partial charge in [0.2, 0.25) is 0 Å². The van der Waals surface area contributed by atoms with Gasteiger partial charge in [0, 0.05) is 21.9 Å². The quantitative estimate of drug-likeness (QED) is 0.433. The van der Waals surface area contributed by atoms with Gasteiger partial charge in [-0.1, -0.05) is 29.8 Å². The SMILES string of the molecule is Cc1ccc(-c2csc(NC(=O)c3cccc(OCc4cscn4)c3)n2)c(C)c1. The van der Waals surface area contributed by atoms with Crippen LogP contribution in [0.25, 0.3) is 11.3 Å². The Balaban J connectivity index is 1.44. The van der Waals surface area contributed by atoms with Crippen LogP contribution in [-0.4, -0.2) is 15.9 Å². The third-order valence-corrected chi connectivity index (χ3v) is 5.74. The summed E-state index contributed by atoms with van der Waals surface area (Å²) in [6.07, 6.45) is 0. The lowest BCUT2D eigenvalue weighted by atomic mass is 10.0. The van der Waals surface area contributed by atoms with Gasteiger partial charge < -0.3 is 4.74 Å². The smallest absolute Gasteiger partial charge is 0.257 e. The average molecular weight is 422 g/mol. The van der Waals surface area contributed by atoms with Gasteiger partial charge in [0.15, 0.2) is 5.13 Å². The highest BCUT2D eigenvalue weighted by molar-refractivity contribution is 7.14. The molecule has 0 saturated heterocycles. The second kappa shape index (κ2) is 8.55. The van der Waals surface area contributed by atoms with Crippen molar-refractivity contribution in [3.8, 4) is 17.0 Å². The van der Waals surface area contributed by atoms with E-state index in [0.717, 1.165) is 22.5 Å². The van der Waals surface area contributed by atoms with E-state index in [4.69, 9.17) is 4.74 Å². The Morgan fingerprint density at radius 2 is 2.03 bits per heavy atom. The van der Waals surface area contributed by atoms with Crippen LogP contribution in [0.4, 0.5) is 5.13 Å². The first-order chi connectivity index (χ1) is 14.1. The van der Waals surface area contributed by atoms with E-state index in [2.05, 4.69) is 47.3 Å². The summed E-state index contributed by atoms with van der Waals surface area (Å²) >= 11 is 2.94. The van der Waals surface area contributed by atoms with Crippen molar-refractivity contribution in [2.24, 2.45) is 0 Å². The summed E-state index contributed by atoms with van der Waals surface area (Å²) in [7, 11) is 0. The molecule has 0 aliphatic heterocycles. The molecule has 1 N–H and O–H groups in total. The fourth-order valence-corrected chi connectivity index (χ4v) is 4.17. The highest BCUT2D eigenvalue weighted by Gasteiger charge is 2.12. The molecule has 7 heteroatoms. The molecule has 0 saturated carbocycles. The number of benzene rings is 2. The molecule has 0 fully saturated rings. The van der Waals surface area contributed by atoms with Crippen LogP contribution in [0.1, 0.15) is 27.2 Å². The summed E-state index contributed by atoms with van der Waals surface area (Å²) in [6.45, 7) is 4.51. The van der Waals surface area contributed by atoms with Crippen LogP contribution < -0.4 is 10.1 Å². The van der Waals surface area contributed by atoms with Crippen LogP contribution in [-0.2, 0) is 6.61 Å². The zero-order valence-corrected chi connectivity index (χ0v) is 17.6. The van der Waals surface area contributed by atoms with Gasteiger partial charge >= 0.3 is 0 Å². The van der Waals surface area contributed by atoms with Gasteiger partial charge in [-0.05, 0) is 37.6 Å². The number of hydrogen-bond donors (Lipinski definition) is 1. The predicted octanol–water partition coefficient (Wildman–Crippen LogP) is 5.71. The topological polar surface area (TPSA) is 64.1 Å². The number of amides is 1. The molecule has 5 nitrogen and oxygen atoms in total. The molecule has 0 aliphatic rings. The van der Waals surface area contributed by atoms with Crippen molar-refractivity contribution in [3.05, 3.63) is 81.1 Å². The molecule has 29 heavy (non-hydrogen) atoms. The molecule has 2 heterocycles. The minimum absolute atomic E-state index is 0.217. The van der Waals surface area contributed by atoms with Crippen LogP contribution in [0.3, 0.4) is 0 Å². The van der Waals surface area contributed by atoms with Crippen LogP contribution in [0.15, 0.2) is 58.7 Å². The summed E-state index contributed by atoms with van der Waals surface area (Å²) in [6, 6.07) is 13.4. The fraction of sp³-hybridized carbons (Fsp3) is 0.136. The third kappa shape index (κ3) is 4.70. The molecule has 2 aromatic heterocycles. The fourth-order valence-electron chi connectivity index (χ4n) is 2.92. The number of ether oxygens (including phenoxy) is 1. The van der Waals surface area contributed by atoms with Crippen molar-refractivity contribution >= 4 is 33.7 Å². The number of carbonyl (C=O) groups is 1. The van der Waals surface area contributed by atoms with Crippen LogP contribution in [0, 0.1) is 13.8 Å². The molecular weight excluding hydrogens is 402 g/mol. The second-order valence-electron chi connectivity index (χ2n) is 6.61. The molecule has 0 spiro atoms. The number of hydrogen-bond acceptors (Lipinski definition) is 6. The van der Waals surface area contributed by atoms with Crippen molar-refractivity contribution in [2.45, 2.75) is 20.5 Å². The zero-order chi connectivity index (χ0) is 20.2. The lowest BCUT2D eigenvalue weighted by Crippen LogP contribution is -2.11. The van der Waals surface area contributed by atoms with Gasteiger partial charge in [-0.15, -0.1) is 22.7 Å². The van der Waals surface area contributed by atoms with E-state index in [1.54, 1.807) is 23.7 Å². The number of thiazole rings is 2. The first kappa shape index (κ1) is 19.3. The molecule has 4 rings (SSSR count). The normalized spacial score (nSPS) is 10.7. The molecule has 0 unspecified atom stereocenters. The van der Waals surface area contributed by atoms with Crippen LogP contribution in [0.2, 0.25) is 0 Å². The molecule has 4 aromatic rings. The average Bonchev–Trinajstić information content (AvgIpc) is 3.39. The van der Waals surface area contributed by atoms with Crippen molar-refractivity contribution < 1.29 is 9.53 Å². The van der Waals surface area contributed by atoms with Crippen molar-refractivity contribution in [3.63, 3.8) is 0 Å². The van der Waals surface area contributed by atoms with Crippen LogP contribution in [0.5, 0.6) is 5.75 Å². The van der Waals surface area contributed by atoms with Gasteiger partial charge in [0.25, 0.3) is 5.91 Å². The Labute approximate surface area is 177 Å². The molecule has 1 amide bonds. The Bertz CT molecular complexity index is 1140. The van der Waals surface area contributed by atoms with Gasteiger partial charge in [0.05, 0.1) is 16.9 Å². The summed E-state index contributed by atoms with van der Waals surface area (Å²) in [5, 5.41) is 7.34. The van der Waals surface area contributed by atoms with E-state index in [1.807, 2.05) is 16.8 Å². The first-order valence-electron chi connectivity index (χ1n) is 9.03. The van der Waals surface area contributed by atoms with Gasteiger partial charge in [0.1, 0.15) is 12.4 Å². The van der Waals surface area contributed by atoms with Gasteiger partial charge in [-0.2, -0.15) is 0 Å². The molecule has 0 bridgehead atoms. The van der Waals surface area contributed by atoms with Crippen molar-refractivity contribution in [1.82, 2.24) is 9.97 Å². The largest absolute Gasteiger partial charge is 0.487 e. The Kier molecular flexibility index (Phi) is 5.69. The zero-order valence-electron chi connectivity index (χ0n) is 16.0. The number of aromatic nitrogens is 2. The number of nitrogens with one attached hydrogen (secondary N) is 1. The number of nitrogens with zero attached hydrogens (tertiary/aromatic N) is 2. The molecule has 0 atom stereocenters. The standard InChI is InChI=1S/C22H19N3O2S2/c1-14-6-7-19(15(2)8-14)20-12-29-22(24-20)25-21(26)16-4-3-5-18(9-16)27-10-17-11-28-13-23-17/h3-9,11-13H,10H2,1-2H3,(H,24,25,26). The van der Waals surface area contributed by atoms with E-state index < -0.39 is 0 Å². The molecule has 0 radical (unpaired) electrons. The summed E-state index contributed by atoms with van der Waals surface area (Å²) in [5.41, 5.74) is 7.47. The predicted molar refractivity (Wildman–Crippen MR) is 118 cm³/mol. The Morgan fingerprint density at radius 1 is 1.14 bits per heavy atom. The minimum atomic E-state index is -0.217. The molecule has 0 aliphatic carbocycles. The summed E-state index contributed by atoms with van der Waals surface area (Å²) < 4.78 is 5.73. The molecule has 146 valence electrons. The van der Waals surface area contributed by atoms with E-state index in [9.17, 15) is 4.79 Å². The lowest BCUT2D eigenvalue weighted by molar-refractivity contribution is 0.102. The highest BCUT2D eigenvalue weighted by atomic mass is 32.1. The van der Waals surface area contributed by atoms with Crippen LogP contribution >= 0.6 is 22.7 Å². The summed E-state index contributed by atoms with van der Waals surface area (Å²) in [4.78, 5) is 21.4. The number of carbonyl (C=O) groups excluding carboxylic acids is 1. The second-order valence-corrected chi connectivity index (χ2v) is 8.18. The van der Waals surface area contributed by atoms with Gasteiger partial charge in [-0.3, -0.25) is 10.1 Å². The maximum absolute atomic E-state index is 12.6. The number of rotatable bonds is 6. The van der Waals surface area contributed by atoms with Crippen molar-refractivity contribution in [1.29, 1.82) is 0 Å².